The van der Waals surface area contributed by atoms with Gasteiger partial charge in [0.1, 0.15) is 6.61 Å². The van der Waals surface area contributed by atoms with Crippen molar-refractivity contribution in [1.29, 1.82) is 0 Å². The third kappa shape index (κ3) is 5.21. The van der Waals surface area contributed by atoms with Gasteiger partial charge in [0, 0.05) is 12.6 Å². The van der Waals surface area contributed by atoms with Crippen molar-refractivity contribution in [3.05, 3.63) is 0 Å². The molecule has 0 aromatic carbocycles. The molecule has 0 saturated heterocycles. The molecule has 0 heterocycles. The van der Waals surface area contributed by atoms with Crippen molar-refractivity contribution in [3.63, 3.8) is 0 Å². The van der Waals surface area contributed by atoms with E-state index in [0.717, 1.165) is 19.4 Å². The molecule has 0 amide bonds. The minimum Gasteiger partial charge on any atom is -0.376 e. The van der Waals surface area contributed by atoms with E-state index < -0.39 is 13.0 Å². The van der Waals surface area contributed by atoms with Crippen molar-refractivity contribution < 1.29 is 13.5 Å². The maximum absolute atomic E-state index is 11.8. The van der Waals surface area contributed by atoms with E-state index in [1.165, 1.54) is 19.3 Å². The molecule has 0 aliphatic heterocycles. The summed E-state index contributed by atoms with van der Waals surface area (Å²) in [5.74, 6) is 0.615. The van der Waals surface area contributed by atoms with Gasteiger partial charge in [-0.15, -0.1) is 0 Å². The van der Waals surface area contributed by atoms with Gasteiger partial charge in [-0.05, 0) is 38.1 Å². The second kappa shape index (κ2) is 7.96. The lowest BCUT2D eigenvalue weighted by Gasteiger charge is -2.20. The highest BCUT2D eigenvalue weighted by Crippen LogP contribution is 2.28. The normalized spacial score (nSPS) is 25.5. The van der Waals surface area contributed by atoms with Crippen molar-refractivity contribution in [2.24, 2.45) is 5.92 Å². The number of halogens is 2. The Bertz CT molecular complexity index is 178. The molecule has 2 atom stereocenters. The van der Waals surface area contributed by atoms with Gasteiger partial charge in [0.2, 0.25) is 0 Å². The molecule has 2 unspecified atom stereocenters. The van der Waals surface area contributed by atoms with E-state index in [4.69, 9.17) is 4.74 Å². The Hall–Kier alpha value is -0.220. The van der Waals surface area contributed by atoms with Crippen LogP contribution in [-0.4, -0.2) is 32.2 Å². The van der Waals surface area contributed by atoms with Gasteiger partial charge in [-0.2, -0.15) is 0 Å². The van der Waals surface area contributed by atoms with Gasteiger partial charge < -0.3 is 10.1 Å². The van der Waals surface area contributed by atoms with Gasteiger partial charge in [-0.25, -0.2) is 8.78 Å². The van der Waals surface area contributed by atoms with Crippen LogP contribution in [0.4, 0.5) is 8.78 Å². The van der Waals surface area contributed by atoms with E-state index in [1.807, 2.05) is 0 Å². The summed E-state index contributed by atoms with van der Waals surface area (Å²) in [6.07, 6.45) is 3.40. The largest absolute Gasteiger partial charge is 0.376 e. The molecule has 2 nitrogen and oxygen atoms in total. The van der Waals surface area contributed by atoms with Crippen LogP contribution in [0.15, 0.2) is 0 Å². The van der Waals surface area contributed by atoms with Crippen LogP contribution in [0.25, 0.3) is 0 Å². The maximum atomic E-state index is 11.8. The van der Waals surface area contributed by atoms with Crippen molar-refractivity contribution >= 4 is 0 Å². The van der Waals surface area contributed by atoms with Crippen molar-refractivity contribution in [2.75, 3.05) is 19.8 Å². The van der Waals surface area contributed by atoms with E-state index in [-0.39, 0.29) is 0 Å². The Morgan fingerprint density at radius 1 is 1.38 bits per heavy atom. The molecule has 1 aliphatic carbocycles. The van der Waals surface area contributed by atoms with Crippen molar-refractivity contribution in [3.8, 4) is 0 Å². The molecule has 16 heavy (non-hydrogen) atoms. The molecule has 4 heteroatoms. The Kier molecular flexibility index (Phi) is 6.88. The SMILES string of the molecule is CCCNC1CCCC1CCOCC(F)F. The van der Waals surface area contributed by atoms with Gasteiger partial charge in [0.05, 0.1) is 0 Å². The Morgan fingerprint density at radius 2 is 2.19 bits per heavy atom. The minimum atomic E-state index is -2.34. The molecule has 1 rings (SSSR count). The highest BCUT2D eigenvalue weighted by molar-refractivity contribution is 4.82. The maximum Gasteiger partial charge on any atom is 0.261 e. The van der Waals surface area contributed by atoms with Crippen LogP contribution in [0, 0.1) is 5.92 Å². The van der Waals surface area contributed by atoms with Crippen LogP contribution in [0.2, 0.25) is 0 Å². The zero-order valence-corrected chi connectivity index (χ0v) is 10.1. The van der Waals surface area contributed by atoms with E-state index in [9.17, 15) is 8.78 Å². The van der Waals surface area contributed by atoms with Gasteiger partial charge in [0.25, 0.3) is 6.43 Å². The molecule has 1 saturated carbocycles. The molecule has 0 bridgehead atoms. The predicted molar refractivity (Wildman–Crippen MR) is 60.9 cm³/mol. The Balaban J connectivity index is 2.09. The molecule has 1 N–H and O–H groups in total. The Labute approximate surface area is 96.7 Å². The second-order valence-corrected chi connectivity index (χ2v) is 4.51. The molecule has 1 aliphatic rings. The fraction of sp³-hybridized carbons (Fsp3) is 1.00. The van der Waals surface area contributed by atoms with Crippen LogP contribution in [-0.2, 0) is 4.74 Å². The lowest BCUT2D eigenvalue weighted by Crippen LogP contribution is -2.33. The minimum absolute atomic E-state index is 0.417. The number of ether oxygens (including phenoxy) is 1. The molecule has 0 spiro atoms. The first kappa shape index (κ1) is 13.8. The fourth-order valence-corrected chi connectivity index (χ4v) is 2.39. The lowest BCUT2D eigenvalue weighted by molar-refractivity contribution is 0.0123. The average molecular weight is 235 g/mol. The highest BCUT2D eigenvalue weighted by atomic mass is 19.3. The predicted octanol–water partition coefficient (Wildman–Crippen LogP) is 2.83. The van der Waals surface area contributed by atoms with Crippen molar-refractivity contribution in [1.82, 2.24) is 5.32 Å². The van der Waals surface area contributed by atoms with Crippen LogP contribution in [0.3, 0.4) is 0 Å². The number of nitrogens with one attached hydrogen (secondary N) is 1. The molecule has 1 fully saturated rings. The summed E-state index contributed by atoms with van der Waals surface area (Å²) in [5.41, 5.74) is 0. The molecule has 96 valence electrons. The summed E-state index contributed by atoms with van der Waals surface area (Å²) in [6, 6.07) is 0.579. The first-order chi connectivity index (χ1) is 7.74. The first-order valence-electron chi connectivity index (χ1n) is 6.33. The number of hydrogen-bond donors (Lipinski definition) is 1. The van der Waals surface area contributed by atoms with Crippen LogP contribution >= 0.6 is 0 Å². The van der Waals surface area contributed by atoms with E-state index in [2.05, 4.69) is 12.2 Å². The number of rotatable bonds is 8. The summed E-state index contributed by atoms with van der Waals surface area (Å²) < 4.78 is 28.6. The topological polar surface area (TPSA) is 21.3 Å². The standard InChI is InChI=1S/C12H23F2NO/c1-2-7-15-11-5-3-4-10(11)6-8-16-9-12(13)14/h10-12,15H,2-9H2,1H3. The van der Waals surface area contributed by atoms with Crippen LogP contribution < -0.4 is 5.32 Å². The molecular formula is C12H23F2NO. The number of hydrogen-bond acceptors (Lipinski definition) is 2. The quantitative estimate of drug-likeness (QED) is 0.653. The van der Waals surface area contributed by atoms with Crippen LogP contribution in [0.1, 0.15) is 39.0 Å². The molecule has 0 aromatic heterocycles. The number of alkyl halides is 2. The highest BCUT2D eigenvalue weighted by Gasteiger charge is 2.26. The smallest absolute Gasteiger partial charge is 0.261 e. The zero-order chi connectivity index (χ0) is 11.8. The summed E-state index contributed by atoms with van der Waals surface area (Å²) >= 11 is 0. The van der Waals surface area contributed by atoms with Gasteiger partial charge in [0.15, 0.2) is 0 Å². The molecule has 0 aromatic rings. The van der Waals surface area contributed by atoms with Crippen molar-refractivity contribution in [2.45, 2.75) is 51.5 Å². The fourth-order valence-electron chi connectivity index (χ4n) is 2.39. The van der Waals surface area contributed by atoms with Crippen LogP contribution in [0.5, 0.6) is 0 Å². The van der Waals surface area contributed by atoms with E-state index in [1.54, 1.807) is 0 Å². The molecule has 0 radical (unpaired) electrons. The summed E-state index contributed by atoms with van der Waals surface area (Å²) in [5, 5.41) is 3.53. The second-order valence-electron chi connectivity index (χ2n) is 4.51. The lowest BCUT2D eigenvalue weighted by atomic mass is 10.00. The summed E-state index contributed by atoms with van der Waals surface area (Å²) in [4.78, 5) is 0. The van der Waals surface area contributed by atoms with Gasteiger partial charge >= 0.3 is 0 Å². The zero-order valence-electron chi connectivity index (χ0n) is 10.1. The van der Waals surface area contributed by atoms with E-state index >= 15 is 0 Å². The Morgan fingerprint density at radius 3 is 2.88 bits per heavy atom. The monoisotopic (exact) mass is 235 g/mol. The van der Waals surface area contributed by atoms with E-state index in [0.29, 0.717) is 18.6 Å². The summed E-state index contributed by atoms with van der Waals surface area (Å²) in [7, 11) is 0. The summed E-state index contributed by atoms with van der Waals surface area (Å²) in [6.45, 7) is 3.26. The van der Waals surface area contributed by atoms with Gasteiger partial charge in [-0.1, -0.05) is 13.3 Å². The first-order valence-corrected chi connectivity index (χ1v) is 6.33. The van der Waals surface area contributed by atoms with Gasteiger partial charge in [-0.3, -0.25) is 0 Å². The molecular weight excluding hydrogens is 212 g/mol. The third-order valence-electron chi connectivity index (χ3n) is 3.19. The average Bonchev–Trinajstić information content (AvgIpc) is 2.69. The third-order valence-corrected chi connectivity index (χ3v) is 3.19.